The van der Waals surface area contributed by atoms with Gasteiger partial charge in [0.25, 0.3) is 0 Å². The molecular weight excluding hydrogens is 238 g/mol. The van der Waals surface area contributed by atoms with Gasteiger partial charge in [-0.3, -0.25) is 4.98 Å². The number of nitrogens with zero attached hydrogens (tertiary/aromatic N) is 2. The number of ether oxygens (including phenoxy) is 1. The van der Waals surface area contributed by atoms with Crippen LogP contribution in [0.25, 0.3) is 0 Å². The lowest BCUT2D eigenvalue weighted by Crippen LogP contribution is -2.25. The lowest BCUT2D eigenvalue weighted by atomic mass is 10.3. The number of amides is 1. The number of hydrogen-bond donors (Lipinski definition) is 2. The smallest absolute Gasteiger partial charge is 0.407 e. The van der Waals surface area contributed by atoms with Gasteiger partial charge in [0.2, 0.25) is 0 Å². The van der Waals surface area contributed by atoms with E-state index in [0.717, 1.165) is 19.0 Å². The van der Waals surface area contributed by atoms with E-state index in [0.29, 0.717) is 12.2 Å². The lowest BCUT2D eigenvalue weighted by Gasteiger charge is -2.05. The van der Waals surface area contributed by atoms with Crippen LogP contribution in [0, 0.1) is 0 Å². The first-order valence-corrected chi connectivity index (χ1v) is 5.58. The van der Waals surface area contributed by atoms with Crippen LogP contribution in [0.3, 0.4) is 0 Å². The van der Waals surface area contributed by atoms with Gasteiger partial charge in [0.05, 0.1) is 18.1 Å². The van der Waals surface area contributed by atoms with Crippen LogP contribution in [0.2, 0.25) is 0 Å². The molecule has 18 heavy (non-hydrogen) atoms. The fraction of sp³-hybridized carbons (Fsp3) is 0.455. The maximum Gasteiger partial charge on any atom is 0.407 e. The number of hydrogen-bond acceptors (Lipinski definition) is 5. The highest BCUT2D eigenvalue weighted by Crippen LogP contribution is 1.98. The van der Waals surface area contributed by atoms with Crippen molar-refractivity contribution in [2.24, 2.45) is 0 Å². The highest BCUT2D eigenvalue weighted by Gasteiger charge is 2.06. The molecule has 0 aliphatic heterocycles. The van der Waals surface area contributed by atoms with Crippen LogP contribution in [-0.2, 0) is 11.3 Å². The number of unbranched alkanes of at least 4 members (excludes halogenated alkanes) is 1. The zero-order chi connectivity index (χ0) is 13.4. The first kappa shape index (κ1) is 13.9. The summed E-state index contributed by atoms with van der Waals surface area (Å²) in [5.74, 6) is -1.15. The minimum Gasteiger partial charge on any atom is -0.476 e. The van der Waals surface area contributed by atoms with Crippen LogP contribution in [-0.4, -0.2) is 33.7 Å². The van der Waals surface area contributed by atoms with Gasteiger partial charge in [-0.2, -0.15) is 0 Å². The molecule has 1 aromatic rings. The Morgan fingerprint density at radius 3 is 2.72 bits per heavy atom. The molecule has 0 atom stereocenters. The second kappa shape index (κ2) is 7.21. The van der Waals surface area contributed by atoms with Crippen LogP contribution >= 0.6 is 0 Å². The lowest BCUT2D eigenvalue weighted by molar-refractivity contribution is 0.0689. The fourth-order valence-corrected chi connectivity index (χ4v) is 1.10. The molecule has 0 aliphatic carbocycles. The Bertz CT molecular complexity index is 405. The molecule has 0 aliphatic rings. The third-order valence-electron chi connectivity index (χ3n) is 2.08. The van der Waals surface area contributed by atoms with E-state index in [2.05, 4.69) is 15.3 Å². The van der Waals surface area contributed by atoms with Crippen LogP contribution in [0.15, 0.2) is 12.4 Å². The second-order valence-corrected chi connectivity index (χ2v) is 3.55. The van der Waals surface area contributed by atoms with Crippen LogP contribution in [0.5, 0.6) is 0 Å². The Balaban J connectivity index is 2.34. The SMILES string of the molecule is CCCCNC(=O)OCc1cnc(C(=O)O)cn1. The topological polar surface area (TPSA) is 101 Å². The number of carboxylic acids is 1. The number of aromatic nitrogens is 2. The number of carbonyl (C=O) groups is 2. The molecule has 0 aromatic carbocycles. The zero-order valence-corrected chi connectivity index (χ0v) is 10.0. The molecule has 1 amide bonds. The van der Waals surface area contributed by atoms with Gasteiger partial charge >= 0.3 is 12.1 Å². The monoisotopic (exact) mass is 253 g/mol. The van der Waals surface area contributed by atoms with Crippen LogP contribution < -0.4 is 5.32 Å². The highest BCUT2D eigenvalue weighted by molar-refractivity contribution is 5.84. The number of alkyl carbamates (subject to hydrolysis) is 1. The van der Waals surface area contributed by atoms with Gasteiger partial charge in [0, 0.05) is 6.54 Å². The molecule has 0 fully saturated rings. The van der Waals surface area contributed by atoms with Crippen molar-refractivity contribution in [2.75, 3.05) is 6.54 Å². The van der Waals surface area contributed by atoms with Gasteiger partial charge in [0.15, 0.2) is 5.69 Å². The summed E-state index contributed by atoms with van der Waals surface area (Å²) in [6.07, 6.45) is 3.75. The van der Waals surface area contributed by atoms with Crippen molar-refractivity contribution in [3.63, 3.8) is 0 Å². The van der Waals surface area contributed by atoms with E-state index < -0.39 is 12.1 Å². The summed E-state index contributed by atoms with van der Waals surface area (Å²) >= 11 is 0. The molecule has 98 valence electrons. The minimum atomic E-state index is -1.15. The van der Waals surface area contributed by atoms with E-state index in [9.17, 15) is 9.59 Å². The molecule has 2 N–H and O–H groups in total. The summed E-state index contributed by atoms with van der Waals surface area (Å²) in [5.41, 5.74) is 0.247. The standard InChI is InChI=1S/C11H15N3O4/c1-2-3-4-12-11(17)18-7-8-5-14-9(6-13-8)10(15)16/h5-6H,2-4,7H2,1H3,(H,12,17)(H,15,16). The van der Waals surface area contributed by atoms with E-state index in [1.807, 2.05) is 6.92 Å². The quantitative estimate of drug-likeness (QED) is 0.739. The van der Waals surface area contributed by atoms with Crippen LogP contribution in [0.4, 0.5) is 4.79 Å². The van der Waals surface area contributed by atoms with E-state index >= 15 is 0 Å². The largest absolute Gasteiger partial charge is 0.476 e. The predicted octanol–water partition coefficient (Wildman–Crippen LogP) is 1.20. The van der Waals surface area contributed by atoms with Gasteiger partial charge in [-0.15, -0.1) is 0 Å². The molecule has 1 aromatic heterocycles. The summed E-state index contributed by atoms with van der Waals surface area (Å²) in [6.45, 7) is 2.55. The number of nitrogens with one attached hydrogen (secondary N) is 1. The summed E-state index contributed by atoms with van der Waals surface area (Å²) in [5, 5.41) is 11.2. The van der Waals surface area contributed by atoms with Gasteiger partial charge in [-0.1, -0.05) is 13.3 Å². The first-order valence-electron chi connectivity index (χ1n) is 5.58. The molecule has 0 saturated heterocycles. The Hall–Kier alpha value is -2.18. The average Bonchev–Trinajstić information content (AvgIpc) is 2.37. The number of carbonyl (C=O) groups excluding carboxylic acids is 1. The summed E-state index contributed by atoms with van der Waals surface area (Å²) in [7, 11) is 0. The Morgan fingerprint density at radius 1 is 1.39 bits per heavy atom. The van der Waals surface area contributed by atoms with Crippen molar-refractivity contribution in [1.82, 2.24) is 15.3 Å². The number of carboxylic acid groups (broad SMARTS) is 1. The van der Waals surface area contributed by atoms with E-state index in [1.54, 1.807) is 0 Å². The fourth-order valence-electron chi connectivity index (χ4n) is 1.10. The van der Waals surface area contributed by atoms with E-state index in [1.165, 1.54) is 6.20 Å². The molecule has 1 rings (SSSR count). The third-order valence-corrected chi connectivity index (χ3v) is 2.08. The van der Waals surface area contributed by atoms with Gasteiger partial charge in [0.1, 0.15) is 6.61 Å². The van der Waals surface area contributed by atoms with Gasteiger partial charge in [-0.25, -0.2) is 14.6 Å². The van der Waals surface area contributed by atoms with Gasteiger partial charge < -0.3 is 15.2 Å². The van der Waals surface area contributed by atoms with Crippen molar-refractivity contribution in [3.05, 3.63) is 23.8 Å². The predicted molar refractivity (Wildman–Crippen MR) is 62.1 cm³/mol. The second-order valence-electron chi connectivity index (χ2n) is 3.55. The van der Waals surface area contributed by atoms with E-state index in [4.69, 9.17) is 9.84 Å². The van der Waals surface area contributed by atoms with Crippen molar-refractivity contribution in [2.45, 2.75) is 26.4 Å². The van der Waals surface area contributed by atoms with Crippen molar-refractivity contribution in [1.29, 1.82) is 0 Å². The van der Waals surface area contributed by atoms with Crippen molar-refractivity contribution in [3.8, 4) is 0 Å². The highest BCUT2D eigenvalue weighted by atomic mass is 16.5. The molecular formula is C11H15N3O4. The maximum absolute atomic E-state index is 11.2. The summed E-state index contributed by atoms with van der Waals surface area (Å²) in [6, 6.07) is 0. The Morgan fingerprint density at radius 2 is 2.17 bits per heavy atom. The zero-order valence-electron chi connectivity index (χ0n) is 10.0. The van der Waals surface area contributed by atoms with E-state index in [-0.39, 0.29) is 12.3 Å². The number of rotatable bonds is 6. The Kier molecular flexibility index (Phi) is 5.56. The molecule has 0 radical (unpaired) electrons. The third kappa shape index (κ3) is 4.77. The molecule has 0 spiro atoms. The molecule has 7 nitrogen and oxygen atoms in total. The van der Waals surface area contributed by atoms with Crippen molar-refractivity contribution < 1.29 is 19.4 Å². The van der Waals surface area contributed by atoms with Crippen molar-refractivity contribution >= 4 is 12.1 Å². The average molecular weight is 253 g/mol. The number of aromatic carboxylic acids is 1. The summed E-state index contributed by atoms with van der Waals surface area (Å²) < 4.78 is 4.88. The minimum absolute atomic E-state index is 0.0368. The summed E-state index contributed by atoms with van der Waals surface area (Å²) in [4.78, 5) is 29.2. The molecule has 7 heteroatoms. The molecule has 0 bridgehead atoms. The van der Waals surface area contributed by atoms with Crippen LogP contribution in [0.1, 0.15) is 35.9 Å². The Labute approximate surface area is 104 Å². The molecule has 0 unspecified atom stereocenters. The molecule has 0 saturated carbocycles. The first-order chi connectivity index (χ1) is 8.63. The normalized spacial score (nSPS) is 9.83. The van der Waals surface area contributed by atoms with Gasteiger partial charge in [-0.05, 0) is 6.42 Å². The maximum atomic E-state index is 11.2. The molecule has 1 heterocycles.